The van der Waals surface area contributed by atoms with Crippen LogP contribution in [0.2, 0.25) is 0 Å². The molecule has 0 aliphatic carbocycles. The number of anilines is 1. The maximum Gasteiger partial charge on any atom is 0.418 e. The summed E-state index contributed by atoms with van der Waals surface area (Å²) >= 11 is 0. The zero-order chi connectivity index (χ0) is 35.6. The fraction of sp³-hybridized carbons (Fsp3) is 0.265. The second-order valence-corrected chi connectivity index (χ2v) is 11.6. The molecule has 0 spiro atoms. The number of hydrogen-bond donors (Lipinski definition) is 3. The number of fused-ring (bicyclic) bond motifs is 3. The SMILES string of the molecule is COc1cncc(-c2ccc3ncc4c(c3c2)n(-c2ccc(N3C[C@@H](C)N[C@@H](C)C3)c(C(F)(F)F)c2)c(=O)n4C)c1.O=C(O)C=CC(=O)O. The summed E-state index contributed by atoms with van der Waals surface area (Å²) in [6, 6.07) is 11.6. The molecule has 12 nitrogen and oxygen atoms in total. The van der Waals surface area contributed by atoms with E-state index in [0.29, 0.717) is 52.9 Å². The zero-order valence-electron chi connectivity index (χ0n) is 26.9. The molecule has 4 heterocycles. The fourth-order valence-corrected chi connectivity index (χ4v) is 5.94. The van der Waals surface area contributed by atoms with Crippen molar-refractivity contribution in [3.05, 3.63) is 89.3 Å². The van der Waals surface area contributed by atoms with Crippen molar-refractivity contribution < 1.29 is 37.7 Å². The Bertz CT molecular complexity index is 2120. The number of aryl methyl sites for hydroxylation is 1. The van der Waals surface area contributed by atoms with Crippen LogP contribution in [-0.2, 0) is 22.8 Å². The fourth-order valence-electron chi connectivity index (χ4n) is 5.94. The molecule has 3 N–H and O–H groups in total. The Balaban J connectivity index is 0.000000523. The summed E-state index contributed by atoms with van der Waals surface area (Å²) in [5.41, 5.74) is 2.17. The molecule has 49 heavy (non-hydrogen) atoms. The van der Waals surface area contributed by atoms with Crippen molar-refractivity contribution in [2.75, 3.05) is 25.1 Å². The normalized spacial score (nSPS) is 16.5. The van der Waals surface area contributed by atoms with Gasteiger partial charge < -0.3 is 25.2 Å². The van der Waals surface area contributed by atoms with E-state index in [4.69, 9.17) is 14.9 Å². The predicted octanol–water partition coefficient (Wildman–Crippen LogP) is 4.87. The van der Waals surface area contributed by atoms with E-state index in [1.165, 1.54) is 15.2 Å². The van der Waals surface area contributed by atoms with Crippen LogP contribution < -0.4 is 20.6 Å². The summed E-state index contributed by atoms with van der Waals surface area (Å²) < 4.78 is 51.6. The highest BCUT2D eigenvalue weighted by Crippen LogP contribution is 2.39. The van der Waals surface area contributed by atoms with Crippen molar-refractivity contribution in [1.82, 2.24) is 24.4 Å². The van der Waals surface area contributed by atoms with Gasteiger partial charge in [0.2, 0.25) is 0 Å². The lowest BCUT2D eigenvalue weighted by atomic mass is 10.0. The summed E-state index contributed by atoms with van der Waals surface area (Å²) in [6.07, 6.45) is 1.37. The number of carbonyl (C=O) groups is 2. The van der Waals surface area contributed by atoms with Gasteiger partial charge in [0.15, 0.2) is 0 Å². The second kappa shape index (κ2) is 13.8. The molecule has 2 aromatic carbocycles. The van der Waals surface area contributed by atoms with Crippen LogP contribution in [0.25, 0.3) is 38.8 Å². The maximum atomic E-state index is 14.5. The van der Waals surface area contributed by atoms with E-state index in [-0.39, 0.29) is 23.5 Å². The topological polar surface area (TPSA) is 152 Å². The summed E-state index contributed by atoms with van der Waals surface area (Å²) in [7, 11) is 3.15. The molecule has 2 atom stereocenters. The molecule has 1 aliphatic rings. The third kappa shape index (κ3) is 7.41. The number of ether oxygens (including phenoxy) is 1. The zero-order valence-corrected chi connectivity index (χ0v) is 26.9. The van der Waals surface area contributed by atoms with Gasteiger partial charge in [0.1, 0.15) is 5.75 Å². The van der Waals surface area contributed by atoms with E-state index >= 15 is 0 Å². The molecule has 3 aromatic heterocycles. The highest BCUT2D eigenvalue weighted by atomic mass is 19.4. The third-order valence-electron chi connectivity index (χ3n) is 7.98. The molecule has 1 fully saturated rings. The van der Waals surface area contributed by atoms with Crippen LogP contribution in [-0.4, -0.2) is 73.5 Å². The van der Waals surface area contributed by atoms with E-state index in [2.05, 4.69) is 15.3 Å². The molecule has 15 heteroatoms. The predicted molar refractivity (Wildman–Crippen MR) is 177 cm³/mol. The number of imidazole rings is 1. The maximum absolute atomic E-state index is 14.5. The van der Waals surface area contributed by atoms with Crippen LogP contribution in [0.3, 0.4) is 0 Å². The Labute approximate surface area is 277 Å². The highest BCUT2D eigenvalue weighted by molar-refractivity contribution is 6.04. The van der Waals surface area contributed by atoms with Crippen molar-refractivity contribution in [3.63, 3.8) is 0 Å². The quantitative estimate of drug-likeness (QED) is 0.212. The molecule has 6 rings (SSSR count). The van der Waals surface area contributed by atoms with Gasteiger partial charge in [-0.3, -0.25) is 19.1 Å². The number of carboxylic acids is 2. The number of aliphatic carboxylic acids is 2. The van der Waals surface area contributed by atoms with Crippen molar-refractivity contribution >= 4 is 39.6 Å². The number of aromatic nitrogens is 4. The van der Waals surface area contributed by atoms with Crippen LogP contribution in [0.1, 0.15) is 19.4 Å². The Kier molecular flexibility index (Phi) is 9.75. The number of pyridine rings is 2. The lowest BCUT2D eigenvalue weighted by molar-refractivity contribution is -0.137. The van der Waals surface area contributed by atoms with Gasteiger partial charge in [-0.2, -0.15) is 13.2 Å². The van der Waals surface area contributed by atoms with Gasteiger partial charge in [-0.25, -0.2) is 14.4 Å². The van der Waals surface area contributed by atoms with Gasteiger partial charge in [0, 0.05) is 67.2 Å². The number of carboxylic acid groups (broad SMARTS) is 2. The lowest BCUT2D eigenvalue weighted by Crippen LogP contribution is -2.54. The molecule has 0 amide bonds. The van der Waals surface area contributed by atoms with E-state index in [0.717, 1.165) is 17.2 Å². The first-order chi connectivity index (χ1) is 23.2. The minimum absolute atomic E-state index is 0.0352. The van der Waals surface area contributed by atoms with Crippen LogP contribution >= 0.6 is 0 Å². The largest absolute Gasteiger partial charge is 0.495 e. The third-order valence-corrected chi connectivity index (χ3v) is 7.98. The average molecular weight is 679 g/mol. The van der Waals surface area contributed by atoms with Gasteiger partial charge in [-0.1, -0.05) is 6.07 Å². The van der Waals surface area contributed by atoms with E-state index in [1.807, 2.05) is 38.1 Å². The Hall–Kier alpha value is -5.70. The molecule has 1 aliphatic heterocycles. The summed E-state index contributed by atoms with van der Waals surface area (Å²) in [5, 5.41) is 19.6. The number of alkyl halides is 3. The summed E-state index contributed by atoms with van der Waals surface area (Å²) in [4.78, 5) is 43.2. The smallest absolute Gasteiger partial charge is 0.418 e. The summed E-state index contributed by atoms with van der Waals surface area (Å²) in [6.45, 7) is 4.79. The number of halogens is 3. The first-order valence-electron chi connectivity index (χ1n) is 15.0. The van der Waals surface area contributed by atoms with Crippen molar-refractivity contribution in [2.24, 2.45) is 7.05 Å². The summed E-state index contributed by atoms with van der Waals surface area (Å²) in [5.74, 6) is -1.93. The Morgan fingerprint density at radius 2 is 1.63 bits per heavy atom. The number of nitrogens with one attached hydrogen (secondary N) is 1. The van der Waals surface area contributed by atoms with Gasteiger partial charge in [-0.05, 0) is 55.8 Å². The van der Waals surface area contributed by atoms with Gasteiger partial charge in [-0.15, -0.1) is 0 Å². The minimum atomic E-state index is -4.62. The van der Waals surface area contributed by atoms with Gasteiger partial charge in [0.05, 0.1) is 47.3 Å². The molecule has 0 unspecified atom stereocenters. The first kappa shape index (κ1) is 34.6. The molecule has 0 radical (unpaired) electrons. The molecule has 1 saturated heterocycles. The molecular weight excluding hydrogens is 645 g/mol. The highest BCUT2D eigenvalue weighted by Gasteiger charge is 2.37. The molecule has 256 valence electrons. The Morgan fingerprint density at radius 1 is 0.959 bits per heavy atom. The first-order valence-corrected chi connectivity index (χ1v) is 15.0. The van der Waals surface area contributed by atoms with Crippen molar-refractivity contribution in [2.45, 2.75) is 32.1 Å². The molecule has 0 bridgehead atoms. The van der Waals surface area contributed by atoms with Crippen LogP contribution in [0.4, 0.5) is 18.9 Å². The molecule has 0 saturated carbocycles. The lowest BCUT2D eigenvalue weighted by Gasteiger charge is -2.38. The van der Waals surface area contributed by atoms with E-state index in [1.54, 1.807) is 43.7 Å². The number of nitrogens with zero attached hydrogens (tertiary/aromatic N) is 5. The number of piperazine rings is 1. The monoisotopic (exact) mass is 678 g/mol. The second-order valence-electron chi connectivity index (χ2n) is 11.6. The van der Waals surface area contributed by atoms with Crippen molar-refractivity contribution in [1.29, 1.82) is 0 Å². The number of rotatable bonds is 6. The standard InChI is InChI=1S/C30H29F3N6O2.C4H4O4/c1-17-15-38(16-18(2)36-17)26-8-6-21(11-24(26)30(31,32)33)39-28-23-10-19(20-9-22(41-4)13-34-12-20)5-7-25(23)35-14-27(28)37(3)29(39)40;5-3(6)1-2-4(7)8/h5-14,17-18,36H,15-16H2,1-4H3;1-2H,(H,5,6)(H,7,8)/t17-,18+;. The number of hydrogen-bond acceptors (Lipinski definition) is 8. The van der Waals surface area contributed by atoms with E-state index in [9.17, 15) is 27.6 Å². The Morgan fingerprint density at radius 3 is 2.24 bits per heavy atom. The van der Waals surface area contributed by atoms with Crippen LogP contribution in [0.5, 0.6) is 5.75 Å². The molecule has 5 aromatic rings. The van der Waals surface area contributed by atoms with Gasteiger partial charge >= 0.3 is 23.8 Å². The number of benzene rings is 2. The van der Waals surface area contributed by atoms with Crippen LogP contribution in [0.15, 0.2) is 78.0 Å². The number of methoxy groups -OCH3 is 1. The molecular formula is C34H33F3N6O6. The minimum Gasteiger partial charge on any atom is -0.495 e. The van der Waals surface area contributed by atoms with E-state index < -0.39 is 29.4 Å². The van der Waals surface area contributed by atoms with Crippen molar-refractivity contribution in [3.8, 4) is 22.6 Å². The van der Waals surface area contributed by atoms with Gasteiger partial charge in [0.25, 0.3) is 0 Å². The average Bonchev–Trinajstić information content (AvgIpc) is 3.32. The van der Waals surface area contributed by atoms with Crippen LogP contribution in [0, 0.1) is 0 Å².